The quantitative estimate of drug-likeness (QED) is 0.802. The summed E-state index contributed by atoms with van der Waals surface area (Å²) in [5, 5.41) is 9.66. The molecular weight excluding hydrogens is 320 g/mol. The van der Waals surface area contributed by atoms with Crippen molar-refractivity contribution >= 4 is 17.5 Å². The predicted octanol–water partition coefficient (Wildman–Crippen LogP) is 2.19. The van der Waals surface area contributed by atoms with E-state index in [1.807, 2.05) is 30.3 Å². The van der Waals surface area contributed by atoms with Gasteiger partial charge in [0.05, 0.1) is 19.3 Å². The largest absolute Gasteiger partial charge is 0.497 e. The fourth-order valence-corrected chi connectivity index (χ4v) is 3.10. The lowest BCUT2D eigenvalue weighted by atomic mass is 10.1. The van der Waals surface area contributed by atoms with Crippen LogP contribution < -0.4 is 9.64 Å². The highest BCUT2D eigenvalue weighted by Gasteiger charge is 2.54. The van der Waals surface area contributed by atoms with Gasteiger partial charge in [-0.25, -0.2) is 4.90 Å². The number of imide groups is 1. The van der Waals surface area contributed by atoms with Gasteiger partial charge < -0.3 is 4.74 Å². The number of para-hydroxylation sites is 1. The van der Waals surface area contributed by atoms with E-state index in [4.69, 9.17) is 4.74 Å². The Kier molecular flexibility index (Phi) is 3.68. The van der Waals surface area contributed by atoms with Crippen LogP contribution in [0.3, 0.4) is 0 Å². The molecule has 2 atom stereocenters. The molecule has 0 bridgehead atoms. The van der Waals surface area contributed by atoms with E-state index in [1.165, 1.54) is 4.90 Å². The normalized spacial score (nSPS) is 21.8. The predicted molar refractivity (Wildman–Crippen MR) is 89.9 cm³/mol. The number of anilines is 1. The molecule has 2 heterocycles. The summed E-state index contributed by atoms with van der Waals surface area (Å²) >= 11 is 0. The number of rotatable bonds is 4. The van der Waals surface area contributed by atoms with Crippen LogP contribution in [0.25, 0.3) is 0 Å². The van der Waals surface area contributed by atoms with Gasteiger partial charge in [0.2, 0.25) is 0 Å². The van der Waals surface area contributed by atoms with Crippen molar-refractivity contribution in [3.8, 4) is 5.75 Å². The van der Waals surface area contributed by atoms with Gasteiger partial charge in [-0.05, 0) is 29.8 Å². The van der Waals surface area contributed by atoms with Crippen molar-refractivity contribution in [3.63, 3.8) is 0 Å². The highest BCUT2D eigenvalue weighted by atomic mass is 16.5. The fraction of sp³-hybridized carbons (Fsp3) is 0.222. The molecule has 0 N–H and O–H groups in total. The van der Waals surface area contributed by atoms with Gasteiger partial charge in [0.1, 0.15) is 5.75 Å². The average Bonchev–Trinajstić information content (AvgIpc) is 3.17. The molecule has 2 aliphatic heterocycles. The first kappa shape index (κ1) is 15.3. The molecule has 1 saturated heterocycles. The maximum Gasteiger partial charge on any atom is 0.263 e. The van der Waals surface area contributed by atoms with Gasteiger partial charge in [-0.15, -0.1) is 0 Å². The Balaban J connectivity index is 1.56. The van der Waals surface area contributed by atoms with E-state index in [9.17, 15) is 9.59 Å². The van der Waals surface area contributed by atoms with Crippen molar-refractivity contribution < 1.29 is 14.3 Å². The van der Waals surface area contributed by atoms with Crippen molar-refractivity contribution in [1.82, 2.24) is 5.01 Å². The van der Waals surface area contributed by atoms with E-state index in [-0.39, 0.29) is 11.8 Å². The average molecular weight is 336 g/mol. The maximum absolute atomic E-state index is 12.8. The minimum atomic E-state index is -0.772. The Labute approximate surface area is 144 Å². The third-order valence-electron chi connectivity index (χ3n) is 4.38. The van der Waals surface area contributed by atoms with Crippen LogP contribution in [-0.4, -0.2) is 36.0 Å². The molecule has 0 aliphatic carbocycles. The zero-order chi connectivity index (χ0) is 17.4. The third kappa shape index (κ3) is 2.53. The number of carbonyl (C=O) groups is 2. The molecule has 126 valence electrons. The Bertz CT molecular complexity index is 835. The Hall–Kier alpha value is -3.22. The lowest BCUT2D eigenvalue weighted by Crippen LogP contribution is -2.39. The minimum absolute atomic E-state index is 0.292. The van der Waals surface area contributed by atoms with Crippen molar-refractivity contribution in [3.05, 3.63) is 60.2 Å². The molecule has 0 radical (unpaired) electrons. The van der Waals surface area contributed by atoms with Gasteiger partial charge in [-0.1, -0.05) is 35.6 Å². The monoisotopic (exact) mass is 336 g/mol. The molecule has 25 heavy (non-hydrogen) atoms. The second-order valence-electron chi connectivity index (χ2n) is 5.89. The summed E-state index contributed by atoms with van der Waals surface area (Å²) in [7, 11) is 1.61. The summed E-state index contributed by atoms with van der Waals surface area (Å²) in [5.41, 5.74) is 1.52. The molecule has 0 spiro atoms. The van der Waals surface area contributed by atoms with Gasteiger partial charge >= 0.3 is 0 Å². The van der Waals surface area contributed by atoms with E-state index in [1.54, 1.807) is 36.4 Å². The van der Waals surface area contributed by atoms with Crippen LogP contribution in [0, 0.1) is 0 Å². The number of carbonyl (C=O) groups excluding carboxylic acids is 2. The molecule has 7 heteroatoms. The summed E-state index contributed by atoms with van der Waals surface area (Å²) in [6, 6.07) is 14.9. The summed E-state index contributed by atoms with van der Waals surface area (Å²) in [6.07, 6.45) is 0. The summed E-state index contributed by atoms with van der Waals surface area (Å²) < 4.78 is 5.14. The number of hydrogen-bond donors (Lipinski definition) is 0. The summed E-state index contributed by atoms with van der Waals surface area (Å²) in [4.78, 5) is 26.6. The molecule has 2 aromatic rings. The lowest BCUT2D eigenvalue weighted by molar-refractivity contribution is -0.123. The third-order valence-corrected chi connectivity index (χ3v) is 4.38. The van der Waals surface area contributed by atoms with Crippen LogP contribution in [-0.2, 0) is 16.1 Å². The van der Waals surface area contributed by atoms with Crippen molar-refractivity contribution in [2.45, 2.75) is 18.6 Å². The Morgan fingerprint density at radius 3 is 2.40 bits per heavy atom. The maximum atomic E-state index is 12.8. The van der Waals surface area contributed by atoms with E-state index in [0.29, 0.717) is 12.2 Å². The van der Waals surface area contributed by atoms with Crippen LogP contribution in [0.1, 0.15) is 5.56 Å². The van der Waals surface area contributed by atoms with E-state index in [0.717, 1.165) is 11.3 Å². The van der Waals surface area contributed by atoms with E-state index >= 15 is 0 Å². The SMILES string of the molecule is COc1ccc(CN2N=N[C@H]3C(=O)N(c4ccccc4)C(=O)[C@@H]32)cc1. The van der Waals surface area contributed by atoms with Gasteiger partial charge in [-0.2, -0.15) is 5.11 Å². The molecule has 0 unspecified atom stereocenters. The molecule has 2 amide bonds. The van der Waals surface area contributed by atoms with Crippen LogP contribution >= 0.6 is 0 Å². The summed E-state index contributed by atoms with van der Waals surface area (Å²) in [5.74, 6) is 0.133. The zero-order valence-corrected chi connectivity index (χ0v) is 13.6. The van der Waals surface area contributed by atoms with Gasteiger partial charge in [0.15, 0.2) is 12.1 Å². The number of methoxy groups -OCH3 is 1. The minimum Gasteiger partial charge on any atom is -0.497 e. The first-order valence-electron chi connectivity index (χ1n) is 7.92. The number of hydrogen-bond acceptors (Lipinski definition) is 6. The van der Waals surface area contributed by atoms with Crippen LogP contribution in [0.4, 0.5) is 5.69 Å². The van der Waals surface area contributed by atoms with Gasteiger partial charge in [0.25, 0.3) is 11.8 Å². The van der Waals surface area contributed by atoms with E-state index < -0.39 is 12.1 Å². The topological polar surface area (TPSA) is 74.6 Å². The molecule has 4 rings (SSSR count). The first-order valence-corrected chi connectivity index (χ1v) is 7.92. The van der Waals surface area contributed by atoms with Gasteiger partial charge in [0, 0.05) is 0 Å². The number of nitrogens with zero attached hydrogens (tertiary/aromatic N) is 4. The number of benzene rings is 2. The molecule has 0 aromatic heterocycles. The molecule has 2 aliphatic rings. The molecule has 7 nitrogen and oxygen atoms in total. The van der Waals surface area contributed by atoms with Crippen LogP contribution in [0.15, 0.2) is 64.9 Å². The molecule has 1 fully saturated rings. The first-order chi connectivity index (χ1) is 12.2. The number of amides is 2. The van der Waals surface area contributed by atoms with Crippen molar-refractivity contribution in [2.75, 3.05) is 12.0 Å². The van der Waals surface area contributed by atoms with Crippen molar-refractivity contribution in [1.29, 1.82) is 0 Å². The highest BCUT2D eigenvalue weighted by Crippen LogP contribution is 2.32. The number of ether oxygens (including phenoxy) is 1. The highest BCUT2D eigenvalue weighted by molar-refractivity contribution is 6.25. The number of fused-ring (bicyclic) bond motifs is 1. The second kappa shape index (κ2) is 6.01. The second-order valence-corrected chi connectivity index (χ2v) is 5.89. The Morgan fingerprint density at radius 1 is 1.00 bits per heavy atom. The van der Waals surface area contributed by atoms with Gasteiger partial charge in [-0.3, -0.25) is 14.6 Å². The Morgan fingerprint density at radius 2 is 1.72 bits per heavy atom. The summed E-state index contributed by atoms with van der Waals surface area (Å²) in [6.45, 7) is 0.399. The zero-order valence-electron chi connectivity index (χ0n) is 13.6. The van der Waals surface area contributed by atoms with E-state index in [2.05, 4.69) is 10.3 Å². The van der Waals surface area contributed by atoms with Crippen LogP contribution in [0.5, 0.6) is 5.75 Å². The molecule has 2 aromatic carbocycles. The molecule has 0 saturated carbocycles. The van der Waals surface area contributed by atoms with Crippen molar-refractivity contribution in [2.24, 2.45) is 10.3 Å². The lowest BCUT2D eigenvalue weighted by Gasteiger charge is -2.20. The molecular formula is C18H16N4O3. The fourth-order valence-electron chi connectivity index (χ4n) is 3.10. The standard InChI is InChI=1S/C18H16N4O3/c1-25-14-9-7-12(8-10-14)11-21-16-15(19-20-21)17(23)22(18(16)24)13-5-3-2-4-6-13/h2-10,15-16H,11H2,1H3/t15-,16-/m1/s1. The smallest absolute Gasteiger partial charge is 0.263 e. The van der Waals surface area contributed by atoms with Crippen LogP contribution in [0.2, 0.25) is 0 Å².